The molecule has 2 rings (SSSR count). The number of carbonyl (C=O) groups excluding carboxylic acids is 5. The predicted molar refractivity (Wildman–Crippen MR) is 185 cm³/mol. The summed E-state index contributed by atoms with van der Waals surface area (Å²) in [5.41, 5.74) is 3.89. The predicted octanol–water partition coefficient (Wildman–Crippen LogP) is 2.86. The fraction of sp³-hybridized carbons (Fsp3) is 0.686. The SMILES string of the molecule is COC(=O)NC(C(=O)NC(Cc1ccccc1)C(CN(CC1CCCCC1)NC(=O)C(NC(=O)OC)C(C)C)OC(=O)CN(C)C)C(C)C. The molecule has 1 aliphatic rings. The average molecular weight is 691 g/mol. The first-order valence-corrected chi connectivity index (χ1v) is 17.2. The van der Waals surface area contributed by atoms with Gasteiger partial charge in [-0.2, -0.15) is 0 Å². The van der Waals surface area contributed by atoms with Gasteiger partial charge in [-0.3, -0.25) is 24.7 Å². The van der Waals surface area contributed by atoms with E-state index >= 15 is 0 Å². The maximum atomic E-state index is 13.8. The zero-order chi connectivity index (χ0) is 36.5. The molecule has 0 saturated heterocycles. The Morgan fingerprint density at radius 2 is 1.35 bits per heavy atom. The molecule has 4 unspecified atom stereocenters. The Balaban J connectivity index is 2.55. The van der Waals surface area contributed by atoms with Crippen molar-refractivity contribution in [3.63, 3.8) is 0 Å². The molecule has 0 spiro atoms. The molecule has 0 heterocycles. The minimum absolute atomic E-state index is 0.00548. The summed E-state index contributed by atoms with van der Waals surface area (Å²) in [7, 11) is 5.96. The molecule has 0 aromatic heterocycles. The Hall–Kier alpha value is -3.91. The lowest BCUT2D eigenvalue weighted by molar-refractivity contribution is -0.154. The molecule has 1 saturated carbocycles. The third kappa shape index (κ3) is 15.0. The van der Waals surface area contributed by atoms with Gasteiger partial charge in [0.05, 0.1) is 33.4 Å². The third-order valence-corrected chi connectivity index (χ3v) is 8.49. The van der Waals surface area contributed by atoms with Crippen molar-refractivity contribution in [1.82, 2.24) is 31.3 Å². The molecule has 1 aromatic rings. The quantitative estimate of drug-likeness (QED) is 0.102. The van der Waals surface area contributed by atoms with Gasteiger partial charge in [0.15, 0.2) is 0 Å². The summed E-state index contributed by atoms with van der Waals surface area (Å²) in [6.45, 7) is 7.74. The van der Waals surface area contributed by atoms with E-state index in [1.807, 2.05) is 44.2 Å². The number of nitrogens with one attached hydrogen (secondary N) is 4. The number of methoxy groups -OCH3 is 2. The van der Waals surface area contributed by atoms with Crippen LogP contribution in [-0.2, 0) is 35.0 Å². The lowest BCUT2D eigenvalue weighted by Gasteiger charge is -2.37. The Morgan fingerprint density at radius 1 is 0.796 bits per heavy atom. The van der Waals surface area contributed by atoms with Crippen molar-refractivity contribution in [2.24, 2.45) is 17.8 Å². The second kappa shape index (κ2) is 21.2. The number of rotatable bonds is 18. The monoisotopic (exact) mass is 690 g/mol. The first kappa shape index (κ1) is 41.3. The van der Waals surface area contributed by atoms with E-state index in [-0.39, 0.29) is 30.8 Å². The van der Waals surface area contributed by atoms with Gasteiger partial charge in [0.2, 0.25) is 5.91 Å². The average Bonchev–Trinajstić information content (AvgIpc) is 3.05. The van der Waals surface area contributed by atoms with Gasteiger partial charge in [-0.15, -0.1) is 0 Å². The summed E-state index contributed by atoms with van der Waals surface area (Å²) in [6, 6.07) is 6.89. The van der Waals surface area contributed by atoms with Gasteiger partial charge in [-0.05, 0) is 56.7 Å². The zero-order valence-corrected chi connectivity index (χ0v) is 30.5. The molecule has 0 radical (unpaired) electrons. The second-order valence-electron chi connectivity index (χ2n) is 13.7. The number of likely N-dealkylation sites (N-methyl/N-ethyl adjacent to an activating group) is 1. The highest BCUT2D eigenvalue weighted by atomic mass is 16.6. The molecule has 4 atom stereocenters. The fourth-order valence-electron chi connectivity index (χ4n) is 5.86. The van der Waals surface area contributed by atoms with Gasteiger partial charge in [-0.25, -0.2) is 14.6 Å². The van der Waals surface area contributed by atoms with E-state index in [1.165, 1.54) is 14.2 Å². The van der Waals surface area contributed by atoms with Crippen molar-refractivity contribution >= 4 is 30.0 Å². The number of alkyl carbamates (subject to hydrolysis) is 2. The first-order chi connectivity index (χ1) is 23.2. The van der Waals surface area contributed by atoms with Gasteiger partial charge in [0.25, 0.3) is 5.91 Å². The number of amides is 4. The topological polar surface area (TPSA) is 168 Å². The number of hydrogen-bond acceptors (Lipinski definition) is 10. The second-order valence-corrected chi connectivity index (χ2v) is 13.7. The normalized spacial score (nSPS) is 16.0. The summed E-state index contributed by atoms with van der Waals surface area (Å²) in [4.78, 5) is 66.7. The van der Waals surface area contributed by atoms with E-state index in [2.05, 4.69) is 21.4 Å². The van der Waals surface area contributed by atoms with E-state index in [0.717, 1.165) is 37.7 Å². The number of carbonyl (C=O) groups is 5. The van der Waals surface area contributed by atoms with Crippen LogP contribution in [0.5, 0.6) is 0 Å². The van der Waals surface area contributed by atoms with Crippen molar-refractivity contribution < 1.29 is 38.2 Å². The van der Waals surface area contributed by atoms with Gasteiger partial charge >= 0.3 is 18.2 Å². The molecular weight excluding hydrogens is 632 g/mol. The van der Waals surface area contributed by atoms with Crippen molar-refractivity contribution in [3.8, 4) is 0 Å². The number of hydrazine groups is 1. The Labute approximate surface area is 291 Å². The van der Waals surface area contributed by atoms with E-state index < -0.39 is 54.2 Å². The van der Waals surface area contributed by atoms with Gasteiger partial charge in [-0.1, -0.05) is 77.3 Å². The highest BCUT2D eigenvalue weighted by Crippen LogP contribution is 2.25. The molecule has 14 nitrogen and oxygen atoms in total. The Morgan fingerprint density at radius 3 is 1.86 bits per heavy atom. The standard InChI is InChI=1S/C35H58N6O8/c1-23(2)30(37-34(45)47-7)32(43)36-27(19-25-15-11-9-12-16-25)28(49-29(42)22-40(5)6)21-41(20-26-17-13-10-14-18-26)39-33(44)31(24(3)4)38-35(46)48-8/h9,11-12,15-16,23-24,26-28,30-31H,10,13-14,17-22H2,1-8H3,(H,36,43)(H,37,45)(H,38,46)(H,39,44). The van der Waals surface area contributed by atoms with Crippen LogP contribution >= 0.6 is 0 Å². The fourth-order valence-corrected chi connectivity index (χ4v) is 5.86. The molecule has 0 bridgehead atoms. The Kier molecular flexibility index (Phi) is 17.9. The van der Waals surface area contributed by atoms with Crippen molar-refractivity contribution in [2.75, 3.05) is 47.9 Å². The van der Waals surface area contributed by atoms with E-state index in [9.17, 15) is 24.0 Å². The van der Waals surface area contributed by atoms with Crippen LogP contribution in [0.4, 0.5) is 9.59 Å². The molecule has 49 heavy (non-hydrogen) atoms. The van der Waals surface area contributed by atoms with Crippen LogP contribution in [0.15, 0.2) is 30.3 Å². The molecular formula is C35H58N6O8. The molecule has 1 aliphatic carbocycles. The zero-order valence-electron chi connectivity index (χ0n) is 30.5. The summed E-state index contributed by atoms with van der Waals surface area (Å²) in [6.07, 6.45) is 3.13. The van der Waals surface area contributed by atoms with E-state index in [0.29, 0.717) is 13.0 Å². The maximum Gasteiger partial charge on any atom is 0.407 e. The molecule has 4 N–H and O–H groups in total. The summed E-state index contributed by atoms with van der Waals surface area (Å²) in [5, 5.41) is 10.0. The highest BCUT2D eigenvalue weighted by molar-refractivity contribution is 5.86. The minimum atomic E-state index is -0.933. The minimum Gasteiger partial charge on any atom is -0.458 e. The largest absolute Gasteiger partial charge is 0.458 e. The van der Waals surface area contributed by atoms with Crippen LogP contribution in [0.25, 0.3) is 0 Å². The third-order valence-electron chi connectivity index (χ3n) is 8.49. The van der Waals surface area contributed by atoms with Crippen LogP contribution in [0, 0.1) is 17.8 Å². The van der Waals surface area contributed by atoms with E-state index in [4.69, 9.17) is 14.2 Å². The Bertz CT molecular complexity index is 1190. The molecule has 14 heteroatoms. The van der Waals surface area contributed by atoms with Gasteiger partial charge in [0.1, 0.15) is 18.2 Å². The number of benzene rings is 1. The maximum absolute atomic E-state index is 13.8. The van der Waals surface area contributed by atoms with Crippen LogP contribution in [0.2, 0.25) is 0 Å². The molecule has 276 valence electrons. The molecule has 4 amide bonds. The van der Waals surface area contributed by atoms with Crippen molar-refractivity contribution in [3.05, 3.63) is 35.9 Å². The number of nitrogens with zero attached hydrogens (tertiary/aromatic N) is 2. The van der Waals surface area contributed by atoms with Crippen molar-refractivity contribution in [1.29, 1.82) is 0 Å². The first-order valence-electron chi connectivity index (χ1n) is 17.2. The van der Waals surface area contributed by atoms with Gasteiger partial charge < -0.3 is 30.2 Å². The van der Waals surface area contributed by atoms with Crippen molar-refractivity contribution in [2.45, 2.75) is 90.4 Å². The molecule has 1 aromatic carbocycles. The summed E-state index contributed by atoms with van der Waals surface area (Å²) >= 11 is 0. The highest BCUT2D eigenvalue weighted by Gasteiger charge is 2.35. The number of ether oxygens (including phenoxy) is 3. The van der Waals surface area contributed by atoms with E-state index in [1.54, 1.807) is 37.9 Å². The van der Waals surface area contributed by atoms with Gasteiger partial charge in [0, 0.05) is 6.54 Å². The van der Waals surface area contributed by atoms with Crippen LogP contribution in [-0.4, -0.2) is 112 Å². The van der Waals surface area contributed by atoms with Crippen LogP contribution < -0.4 is 21.4 Å². The number of hydrogen-bond donors (Lipinski definition) is 4. The summed E-state index contributed by atoms with van der Waals surface area (Å²) in [5.74, 6) is -1.70. The number of esters is 1. The lowest BCUT2D eigenvalue weighted by atomic mass is 9.89. The molecule has 1 fully saturated rings. The summed E-state index contributed by atoms with van der Waals surface area (Å²) < 4.78 is 15.7. The van der Waals surface area contributed by atoms with Crippen LogP contribution in [0.3, 0.4) is 0 Å². The smallest absolute Gasteiger partial charge is 0.407 e. The van der Waals surface area contributed by atoms with Crippen LogP contribution in [0.1, 0.15) is 65.4 Å². The lowest BCUT2D eigenvalue weighted by Crippen LogP contribution is -2.60. The molecule has 0 aliphatic heterocycles.